The number of esters is 1. The zero-order chi connectivity index (χ0) is 13.0. The fourth-order valence-electron chi connectivity index (χ4n) is 1.66. The van der Waals surface area contributed by atoms with Crippen molar-refractivity contribution in [3.05, 3.63) is 33.8 Å². The zero-order valence-electron chi connectivity index (χ0n) is 10.2. The molecule has 4 heteroatoms. The van der Waals surface area contributed by atoms with Crippen LogP contribution in [0, 0.1) is 0 Å². The molecule has 0 aliphatic rings. The summed E-state index contributed by atoms with van der Waals surface area (Å²) >= 11 is 3.34. The molecule has 1 unspecified atom stereocenters. The van der Waals surface area contributed by atoms with Crippen LogP contribution in [0.3, 0.4) is 0 Å². The van der Waals surface area contributed by atoms with Crippen LogP contribution in [0.15, 0.2) is 22.7 Å². The largest absolute Gasteiger partial charge is 0.464 e. The van der Waals surface area contributed by atoms with E-state index in [0.29, 0.717) is 5.56 Å². The number of carbonyl (C=O) groups excluding carboxylic acids is 1. The highest BCUT2D eigenvalue weighted by molar-refractivity contribution is 9.10. The van der Waals surface area contributed by atoms with Gasteiger partial charge >= 0.3 is 5.97 Å². The molecule has 0 saturated heterocycles. The Morgan fingerprint density at radius 3 is 2.59 bits per heavy atom. The third kappa shape index (κ3) is 3.54. The molecule has 0 bridgehead atoms. The lowest BCUT2D eigenvalue weighted by molar-refractivity contribution is -0.153. The molecule has 1 rings (SSSR count). The maximum atomic E-state index is 11.5. The Morgan fingerprint density at radius 2 is 2.06 bits per heavy atom. The highest BCUT2D eigenvalue weighted by Gasteiger charge is 2.22. The van der Waals surface area contributed by atoms with E-state index >= 15 is 0 Å². The second kappa shape index (κ2) is 6.17. The first kappa shape index (κ1) is 14.2. The lowest BCUT2D eigenvalue weighted by Crippen LogP contribution is -2.17. The number of halogens is 1. The van der Waals surface area contributed by atoms with Crippen LogP contribution in [-0.2, 0) is 9.53 Å². The van der Waals surface area contributed by atoms with Gasteiger partial charge < -0.3 is 9.84 Å². The van der Waals surface area contributed by atoms with E-state index in [1.54, 1.807) is 13.0 Å². The Balaban J connectivity index is 3.10. The number of carbonyl (C=O) groups is 1. The van der Waals surface area contributed by atoms with Gasteiger partial charge in [0.25, 0.3) is 0 Å². The van der Waals surface area contributed by atoms with Gasteiger partial charge in [0.1, 0.15) is 0 Å². The number of ether oxygens (including phenoxy) is 1. The Hall–Kier alpha value is -0.870. The van der Waals surface area contributed by atoms with Crippen LogP contribution in [0.25, 0.3) is 0 Å². The third-order valence-corrected chi connectivity index (χ3v) is 2.97. The standard InChI is InChI=1S/C13H17BrO3/c1-4-17-13(16)12(15)11-7-9(14)5-6-10(11)8(2)3/h5-8,12,15H,4H2,1-3H3. The molecule has 94 valence electrons. The van der Waals surface area contributed by atoms with Crippen molar-refractivity contribution >= 4 is 21.9 Å². The van der Waals surface area contributed by atoms with Crippen molar-refractivity contribution < 1.29 is 14.6 Å². The Bertz CT molecular complexity index is 402. The molecule has 0 amide bonds. The van der Waals surface area contributed by atoms with E-state index in [9.17, 15) is 9.90 Å². The fourth-order valence-corrected chi connectivity index (χ4v) is 2.04. The van der Waals surface area contributed by atoms with Crippen LogP contribution in [0.4, 0.5) is 0 Å². The Morgan fingerprint density at radius 1 is 1.41 bits per heavy atom. The van der Waals surface area contributed by atoms with Crippen LogP contribution in [0.2, 0.25) is 0 Å². The summed E-state index contributed by atoms with van der Waals surface area (Å²) in [6.45, 7) is 6.02. The van der Waals surface area contributed by atoms with Gasteiger partial charge in [-0.1, -0.05) is 35.8 Å². The molecule has 1 atom stereocenters. The minimum atomic E-state index is -1.22. The van der Waals surface area contributed by atoms with Crippen molar-refractivity contribution in [2.45, 2.75) is 32.8 Å². The highest BCUT2D eigenvalue weighted by atomic mass is 79.9. The number of hydrogen-bond donors (Lipinski definition) is 1. The van der Waals surface area contributed by atoms with Crippen molar-refractivity contribution in [1.29, 1.82) is 0 Å². The van der Waals surface area contributed by atoms with E-state index in [4.69, 9.17) is 4.74 Å². The molecule has 0 radical (unpaired) electrons. The number of benzene rings is 1. The van der Waals surface area contributed by atoms with Crippen LogP contribution < -0.4 is 0 Å². The molecular weight excluding hydrogens is 284 g/mol. The van der Waals surface area contributed by atoms with Gasteiger partial charge in [-0.3, -0.25) is 0 Å². The van der Waals surface area contributed by atoms with Crippen LogP contribution >= 0.6 is 15.9 Å². The zero-order valence-corrected chi connectivity index (χ0v) is 11.8. The lowest BCUT2D eigenvalue weighted by Gasteiger charge is -2.17. The summed E-state index contributed by atoms with van der Waals surface area (Å²) in [5, 5.41) is 9.98. The molecule has 0 fully saturated rings. The van der Waals surface area contributed by atoms with E-state index in [-0.39, 0.29) is 12.5 Å². The van der Waals surface area contributed by atoms with Crippen molar-refractivity contribution in [3.63, 3.8) is 0 Å². The molecule has 3 nitrogen and oxygen atoms in total. The monoisotopic (exact) mass is 300 g/mol. The number of hydrogen-bond acceptors (Lipinski definition) is 3. The molecular formula is C13H17BrO3. The number of rotatable bonds is 4. The molecule has 1 aromatic carbocycles. The SMILES string of the molecule is CCOC(=O)C(O)c1cc(Br)ccc1C(C)C. The minimum Gasteiger partial charge on any atom is -0.464 e. The third-order valence-electron chi connectivity index (χ3n) is 2.48. The fraction of sp³-hybridized carbons (Fsp3) is 0.462. The number of aliphatic hydroxyl groups excluding tert-OH is 1. The molecule has 1 N–H and O–H groups in total. The van der Waals surface area contributed by atoms with Gasteiger partial charge in [-0.25, -0.2) is 4.79 Å². The lowest BCUT2D eigenvalue weighted by atomic mass is 9.94. The first-order valence-corrected chi connectivity index (χ1v) is 6.40. The normalized spacial score (nSPS) is 12.6. The molecule has 0 saturated carbocycles. The molecule has 17 heavy (non-hydrogen) atoms. The van der Waals surface area contributed by atoms with Gasteiger partial charge in [-0.05, 0) is 36.1 Å². The van der Waals surface area contributed by atoms with Crippen LogP contribution in [0.5, 0.6) is 0 Å². The smallest absolute Gasteiger partial charge is 0.339 e. The van der Waals surface area contributed by atoms with E-state index in [0.717, 1.165) is 10.0 Å². The average molecular weight is 301 g/mol. The van der Waals surface area contributed by atoms with E-state index < -0.39 is 12.1 Å². The summed E-state index contributed by atoms with van der Waals surface area (Å²) in [7, 11) is 0. The quantitative estimate of drug-likeness (QED) is 0.869. The highest BCUT2D eigenvalue weighted by Crippen LogP contribution is 2.28. The predicted octanol–water partition coefficient (Wildman–Crippen LogP) is 3.17. The van der Waals surface area contributed by atoms with Gasteiger partial charge in [-0.2, -0.15) is 0 Å². The molecule has 1 aromatic rings. The van der Waals surface area contributed by atoms with Gasteiger partial charge in [0.05, 0.1) is 6.61 Å². The summed E-state index contributed by atoms with van der Waals surface area (Å²) in [4.78, 5) is 11.5. The van der Waals surface area contributed by atoms with Crippen LogP contribution in [-0.4, -0.2) is 17.7 Å². The first-order valence-electron chi connectivity index (χ1n) is 5.61. The summed E-state index contributed by atoms with van der Waals surface area (Å²) < 4.78 is 5.66. The molecule has 0 aliphatic heterocycles. The molecule has 0 heterocycles. The Kier molecular flexibility index (Phi) is 5.15. The molecule has 0 aromatic heterocycles. The predicted molar refractivity (Wildman–Crippen MR) is 69.8 cm³/mol. The van der Waals surface area contributed by atoms with Gasteiger partial charge in [0.2, 0.25) is 0 Å². The maximum absolute atomic E-state index is 11.5. The van der Waals surface area contributed by atoms with E-state index in [1.165, 1.54) is 0 Å². The topological polar surface area (TPSA) is 46.5 Å². The van der Waals surface area contributed by atoms with Crippen molar-refractivity contribution in [2.75, 3.05) is 6.61 Å². The van der Waals surface area contributed by atoms with Gasteiger partial charge in [-0.15, -0.1) is 0 Å². The molecule has 0 aliphatic carbocycles. The van der Waals surface area contributed by atoms with Crippen molar-refractivity contribution in [2.24, 2.45) is 0 Å². The maximum Gasteiger partial charge on any atom is 0.339 e. The minimum absolute atomic E-state index is 0.238. The van der Waals surface area contributed by atoms with Gasteiger partial charge in [0.15, 0.2) is 6.10 Å². The molecule has 0 spiro atoms. The average Bonchev–Trinajstić information content (AvgIpc) is 2.27. The van der Waals surface area contributed by atoms with Crippen molar-refractivity contribution in [1.82, 2.24) is 0 Å². The van der Waals surface area contributed by atoms with E-state index in [1.807, 2.05) is 26.0 Å². The van der Waals surface area contributed by atoms with Crippen molar-refractivity contribution in [3.8, 4) is 0 Å². The second-order valence-electron chi connectivity index (χ2n) is 4.08. The second-order valence-corrected chi connectivity index (χ2v) is 5.00. The van der Waals surface area contributed by atoms with Crippen LogP contribution in [0.1, 0.15) is 43.9 Å². The van der Waals surface area contributed by atoms with E-state index in [2.05, 4.69) is 15.9 Å². The Labute approximate surface area is 110 Å². The van der Waals surface area contributed by atoms with Gasteiger partial charge in [0, 0.05) is 4.47 Å². The summed E-state index contributed by atoms with van der Waals surface area (Å²) in [5.74, 6) is -0.366. The summed E-state index contributed by atoms with van der Waals surface area (Å²) in [5.41, 5.74) is 1.56. The number of aliphatic hydroxyl groups is 1. The summed E-state index contributed by atoms with van der Waals surface area (Å²) in [6, 6.07) is 5.57. The first-order chi connectivity index (χ1) is 7.97. The summed E-state index contributed by atoms with van der Waals surface area (Å²) in [6.07, 6.45) is -1.22.